The molecule has 0 unspecified atom stereocenters. The third kappa shape index (κ3) is 1.73. The quantitative estimate of drug-likeness (QED) is 0.572. The lowest BCUT2D eigenvalue weighted by Crippen LogP contribution is -2.30. The molecular weight excluding hydrogens is 202 g/mol. The van der Waals surface area contributed by atoms with E-state index in [0.29, 0.717) is 17.7 Å². The zero-order valence-corrected chi connectivity index (χ0v) is 9.11. The van der Waals surface area contributed by atoms with Gasteiger partial charge in [0.1, 0.15) is 0 Å². The van der Waals surface area contributed by atoms with Gasteiger partial charge in [-0.05, 0) is 18.6 Å². The summed E-state index contributed by atoms with van der Waals surface area (Å²) in [5, 5.41) is 0. The lowest BCUT2D eigenvalue weighted by Gasteiger charge is -2.12. The summed E-state index contributed by atoms with van der Waals surface area (Å²) in [5.41, 5.74) is 1.06. The summed E-state index contributed by atoms with van der Waals surface area (Å²) in [6.45, 7) is 4.24. The first kappa shape index (κ1) is 10.9. The molecule has 0 saturated heterocycles. The number of hydrogen-bond donors (Lipinski definition) is 0. The van der Waals surface area contributed by atoms with Crippen LogP contribution in [0, 0.1) is 6.92 Å². The van der Waals surface area contributed by atoms with Crippen LogP contribution in [0.1, 0.15) is 40.0 Å². The van der Waals surface area contributed by atoms with Crippen molar-refractivity contribution in [3.63, 3.8) is 0 Å². The molecule has 2 amide bonds. The molecule has 0 aliphatic carbocycles. The van der Waals surface area contributed by atoms with Gasteiger partial charge in [-0.15, -0.1) is 0 Å². The molecule has 1 aliphatic heterocycles. The van der Waals surface area contributed by atoms with Crippen molar-refractivity contribution >= 4 is 11.8 Å². The lowest BCUT2D eigenvalue weighted by molar-refractivity contribution is 0.0652. The van der Waals surface area contributed by atoms with Gasteiger partial charge in [0.05, 0.1) is 11.1 Å². The molecule has 0 bridgehead atoms. The van der Waals surface area contributed by atoms with Gasteiger partial charge in [-0.3, -0.25) is 14.5 Å². The Hall–Kier alpha value is -1.64. The number of rotatable bonds is 4. The first-order valence-electron chi connectivity index (χ1n) is 5.50. The fourth-order valence-corrected chi connectivity index (χ4v) is 1.89. The minimum Gasteiger partial charge on any atom is -0.274 e. The summed E-state index contributed by atoms with van der Waals surface area (Å²) in [6.07, 6.45) is 2.60. The highest BCUT2D eigenvalue weighted by Gasteiger charge is 2.34. The Balaban J connectivity index is 2.15. The smallest absolute Gasteiger partial charge is 0.261 e. The maximum Gasteiger partial charge on any atom is 0.261 e. The van der Waals surface area contributed by atoms with E-state index in [1.165, 1.54) is 4.90 Å². The van der Waals surface area contributed by atoms with E-state index in [2.05, 4.69) is 6.92 Å². The van der Waals surface area contributed by atoms with E-state index in [9.17, 15) is 9.59 Å². The monoisotopic (exact) mass is 216 g/mol. The molecule has 1 heterocycles. The van der Waals surface area contributed by atoms with Crippen LogP contribution in [0.3, 0.4) is 0 Å². The van der Waals surface area contributed by atoms with E-state index in [1.54, 1.807) is 24.3 Å². The zero-order chi connectivity index (χ0) is 11.5. The SMILES string of the molecule is [CH2]CCCCN1C(=O)c2ccccc2C1=O. The zero-order valence-electron chi connectivity index (χ0n) is 9.11. The number of hydrogen-bond acceptors (Lipinski definition) is 2. The number of carbonyl (C=O) groups excluding carboxylic acids is 2. The molecule has 0 saturated carbocycles. The van der Waals surface area contributed by atoms with E-state index in [1.807, 2.05) is 0 Å². The molecule has 16 heavy (non-hydrogen) atoms. The summed E-state index contributed by atoms with van der Waals surface area (Å²) in [6, 6.07) is 6.97. The lowest BCUT2D eigenvalue weighted by atomic mass is 10.1. The molecule has 0 aromatic heterocycles. The molecule has 0 spiro atoms. The Morgan fingerprint density at radius 2 is 1.56 bits per heavy atom. The summed E-state index contributed by atoms with van der Waals surface area (Å²) in [7, 11) is 0. The van der Waals surface area contributed by atoms with Crippen LogP contribution < -0.4 is 0 Å². The molecule has 3 heteroatoms. The van der Waals surface area contributed by atoms with Gasteiger partial charge >= 0.3 is 0 Å². The highest BCUT2D eigenvalue weighted by molar-refractivity contribution is 6.21. The van der Waals surface area contributed by atoms with Gasteiger partial charge in [-0.2, -0.15) is 0 Å². The minimum atomic E-state index is -0.162. The predicted octanol–water partition coefficient (Wildman–Crippen LogP) is 2.29. The Labute approximate surface area is 95.1 Å². The third-order valence-corrected chi connectivity index (χ3v) is 2.76. The fourth-order valence-electron chi connectivity index (χ4n) is 1.89. The van der Waals surface area contributed by atoms with Crippen molar-refractivity contribution in [3.05, 3.63) is 42.3 Å². The topological polar surface area (TPSA) is 37.4 Å². The van der Waals surface area contributed by atoms with Crippen LogP contribution in [0.5, 0.6) is 0 Å². The molecular formula is C13H14NO2. The van der Waals surface area contributed by atoms with Crippen LogP contribution in [-0.2, 0) is 0 Å². The number of unbranched alkanes of at least 4 members (excludes halogenated alkanes) is 2. The Bertz CT molecular complexity index is 391. The molecule has 0 N–H and O–H groups in total. The molecule has 1 aromatic rings. The molecule has 83 valence electrons. The Morgan fingerprint density at radius 3 is 2.06 bits per heavy atom. The van der Waals surface area contributed by atoms with Gasteiger partial charge in [0, 0.05) is 6.54 Å². The second-order valence-corrected chi connectivity index (χ2v) is 3.87. The average Bonchev–Trinajstić information content (AvgIpc) is 2.55. The highest BCUT2D eigenvalue weighted by atomic mass is 16.2. The summed E-state index contributed by atoms with van der Waals surface area (Å²) in [4.78, 5) is 25.1. The average molecular weight is 216 g/mol. The number of carbonyl (C=O) groups is 2. The number of benzene rings is 1. The van der Waals surface area contributed by atoms with Crippen molar-refractivity contribution in [2.75, 3.05) is 6.54 Å². The second-order valence-electron chi connectivity index (χ2n) is 3.87. The molecule has 0 fully saturated rings. The third-order valence-electron chi connectivity index (χ3n) is 2.76. The molecule has 1 radical (unpaired) electrons. The summed E-state index contributed by atoms with van der Waals surface area (Å²) >= 11 is 0. The van der Waals surface area contributed by atoms with E-state index in [-0.39, 0.29) is 11.8 Å². The van der Waals surface area contributed by atoms with Crippen molar-refractivity contribution in [2.24, 2.45) is 0 Å². The number of nitrogens with zero attached hydrogens (tertiary/aromatic N) is 1. The van der Waals surface area contributed by atoms with Crippen molar-refractivity contribution in [1.82, 2.24) is 4.90 Å². The summed E-state index contributed by atoms with van der Waals surface area (Å²) < 4.78 is 0. The number of amides is 2. The van der Waals surface area contributed by atoms with Crippen LogP contribution in [0.4, 0.5) is 0 Å². The van der Waals surface area contributed by atoms with Gasteiger partial charge in [0.15, 0.2) is 0 Å². The van der Waals surface area contributed by atoms with Crippen LogP contribution in [0.2, 0.25) is 0 Å². The van der Waals surface area contributed by atoms with Gasteiger partial charge in [0.25, 0.3) is 11.8 Å². The van der Waals surface area contributed by atoms with Crippen LogP contribution in [-0.4, -0.2) is 23.3 Å². The second kappa shape index (κ2) is 4.47. The standard InChI is InChI=1S/C13H14NO2/c1-2-3-6-9-14-12(15)10-7-4-5-8-11(10)13(14)16/h4-5,7-8H,1-3,6,9H2. The van der Waals surface area contributed by atoms with Gasteiger partial charge in [-0.25, -0.2) is 0 Å². The maximum absolute atomic E-state index is 11.9. The van der Waals surface area contributed by atoms with Gasteiger partial charge in [-0.1, -0.05) is 31.9 Å². The van der Waals surface area contributed by atoms with Crippen LogP contribution in [0.15, 0.2) is 24.3 Å². The van der Waals surface area contributed by atoms with E-state index >= 15 is 0 Å². The van der Waals surface area contributed by atoms with E-state index in [4.69, 9.17) is 0 Å². The molecule has 0 atom stereocenters. The molecule has 3 nitrogen and oxygen atoms in total. The van der Waals surface area contributed by atoms with Crippen LogP contribution >= 0.6 is 0 Å². The molecule has 2 rings (SSSR count). The maximum atomic E-state index is 11.9. The highest BCUT2D eigenvalue weighted by Crippen LogP contribution is 2.22. The van der Waals surface area contributed by atoms with Crippen molar-refractivity contribution in [3.8, 4) is 0 Å². The van der Waals surface area contributed by atoms with Crippen molar-refractivity contribution in [2.45, 2.75) is 19.3 Å². The van der Waals surface area contributed by atoms with E-state index < -0.39 is 0 Å². The Morgan fingerprint density at radius 1 is 1.00 bits per heavy atom. The molecule has 1 aromatic carbocycles. The first-order valence-corrected chi connectivity index (χ1v) is 5.50. The Kier molecular flexibility index (Phi) is 3.04. The van der Waals surface area contributed by atoms with Gasteiger partial charge in [0.2, 0.25) is 0 Å². The predicted molar refractivity (Wildman–Crippen MR) is 61.0 cm³/mol. The normalized spacial score (nSPS) is 14.4. The van der Waals surface area contributed by atoms with Gasteiger partial charge < -0.3 is 0 Å². The van der Waals surface area contributed by atoms with Crippen molar-refractivity contribution in [1.29, 1.82) is 0 Å². The number of imide groups is 1. The largest absolute Gasteiger partial charge is 0.274 e. The summed E-state index contributed by atoms with van der Waals surface area (Å²) in [5.74, 6) is -0.325. The van der Waals surface area contributed by atoms with Crippen molar-refractivity contribution < 1.29 is 9.59 Å². The van der Waals surface area contributed by atoms with E-state index in [0.717, 1.165) is 19.3 Å². The number of fused-ring (bicyclic) bond motifs is 1. The molecule has 1 aliphatic rings. The minimum absolute atomic E-state index is 0.162. The first-order chi connectivity index (χ1) is 7.75. The van der Waals surface area contributed by atoms with Crippen LogP contribution in [0.25, 0.3) is 0 Å². The fraction of sp³-hybridized carbons (Fsp3) is 0.308.